The van der Waals surface area contributed by atoms with Gasteiger partial charge in [-0.2, -0.15) is 0 Å². The average molecular weight is 249 g/mol. The first-order valence-corrected chi connectivity index (χ1v) is 5.89. The summed E-state index contributed by atoms with van der Waals surface area (Å²) >= 11 is 0. The number of rotatable bonds is 3. The maximum absolute atomic E-state index is 11.7. The SMILES string of the molecule is CC(CC(=O)NC1CCNC1)C(C)(C)C.Cl. The van der Waals surface area contributed by atoms with Crippen LogP contribution in [0.25, 0.3) is 0 Å². The molecular weight excluding hydrogens is 224 g/mol. The molecule has 1 aliphatic rings. The van der Waals surface area contributed by atoms with Gasteiger partial charge in [-0.1, -0.05) is 27.7 Å². The van der Waals surface area contributed by atoms with Crippen LogP contribution in [-0.2, 0) is 4.79 Å². The summed E-state index contributed by atoms with van der Waals surface area (Å²) in [4.78, 5) is 11.7. The molecule has 0 aliphatic carbocycles. The van der Waals surface area contributed by atoms with Crippen LogP contribution in [0.1, 0.15) is 40.5 Å². The van der Waals surface area contributed by atoms with E-state index in [2.05, 4.69) is 38.3 Å². The summed E-state index contributed by atoms with van der Waals surface area (Å²) in [7, 11) is 0. The van der Waals surface area contributed by atoms with E-state index >= 15 is 0 Å². The fraction of sp³-hybridized carbons (Fsp3) is 0.917. The van der Waals surface area contributed by atoms with Gasteiger partial charge in [0.05, 0.1) is 0 Å². The zero-order valence-electron chi connectivity index (χ0n) is 10.8. The van der Waals surface area contributed by atoms with Gasteiger partial charge in [0.25, 0.3) is 0 Å². The van der Waals surface area contributed by atoms with E-state index in [1.54, 1.807) is 0 Å². The van der Waals surface area contributed by atoms with E-state index in [9.17, 15) is 4.79 Å². The van der Waals surface area contributed by atoms with Crippen LogP contribution in [0.5, 0.6) is 0 Å². The van der Waals surface area contributed by atoms with E-state index in [-0.39, 0.29) is 23.7 Å². The Kier molecular flexibility index (Phi) is 6.34. The van der Waals surface area contributed by atoms with Gasteiger partial charge in [0.15, 0.2) is 0 Å². The van der Waals surface area contributed by atoms with Crippen molar-refractivity contribution in [3.8, 4) is 0 Å². The van der Waals surface area contributed by atoms with Crippen molar-refractivity contribution in [1.82, 2.24) is 10.6 Å². The van der Waals surface area contributed by atoms with Gasteiger partial charge >= 0.3 is 0 Å². The van der Waals surface area contributed by atoms with Gasteiger partial charge < -0.3 is 10.6 Å². The van der Waals surface area contributed by atoms with Crippen LogP contribution in [0.15, 0.2) is 0 Å². The van der Waals surface area contributed by atoms with Gasteiger partial charge in [0.2, 0.25) is 5.91 Å². The first kappa shape index (κ1) is 15.7. The molecule has 0 spiro atoms. The highest BCUT2D eigenvalue weighted by Gasteiger charge is 2.24. The number of carbonyl (C=O) groups excluding carboxylic acids is 1. The topological polar surface area (TPSA) is 41.1 Å². The van der Waals surface area contributed by atoms with E-state index in [1.807, 2.05) is 0 Å². The van der Waals surface area contributed by atoms with E-state index < -0.39 is 0 Å². The second-order valence-electron chi connectivity index (χ2n) is 5.73. The largest absolute Gasteiger partial charge is 0.352 e. The minimum absolute atomic E-state index is 0. The minimum atomic E-state index is 0. The second kappa shape index (κ2) is 6.45. The average Bonchev–Trinajstić information content (AvgIpc) is 2.54. The van der Waals surface area contributed by atoms with E-state index in [0.717, 1.165) is 19.5 Å². The zero-order valence-corrected chi connectivity index (χ0v) is 11.6. The molecule has 2 N–H and O–H groups in total. The third-order valence-electron chi connectivity index (χ3n) is 3.40. The van der Waals surface area contributed by atoms with Crippen molar-refractivity contribution in [2.75, 3.05) is 13.1 Å². The molecule has 1 saturated heterocycles. The van der Waals surface area contributed by atoms with Crippen LogP contribution in [0.3, 0.4) is 0 Å². The van der Waals surface area contributed by atoms with Crippen molar-refractivity contribution in [1.29, 1.82) is 0 Å². The fourth-order valence-corrected chi connectivity index (χ4v) is 1.65. The highest BCUT2D eigenvalue weighted by molar-refractivity contribution is 5.85. The fourth-order valence-electron chi connectivity index (χ4n) is 1.65. The van der Waals surface area contributed by atoms with Crippen molar-refractivity contribution in [3.05, 3.63) is 0 Å². The molecule has 0 radical (unpaired) electrons. The highest BCUT2D eigenvalue weighted by Crippen LogP contribution is 2.27. The molecule has 0 aromatic heterocycles. The molecule has 1 fully saturated rings. The van der Waals surface area contributed by atoms with Crippen molar-refractivity contribution in [3.63, 3.8) is 0 Å². The number of carbonyl (C=O) groups is 1. The molecule has 16 heavy (non-hydrogen) atoms. The predicted molar refractivity (Wildman–Crippen MR) is 69.9 cm³/mol. The molecule has 0 aromatic carbocycles. The molecule has 2 atom stereocenters. The van der Waals surface area contributed by atoms with E-state index in [1.165, 1.54) is 0 Å². The monoisotopic (exact) mass is 248 g/mol. The lowest BCUT2D eigenvalue weighted by Gasteiger charge is -2.27. The maximum atomic E-state index is 11.7. The lowest BCUT2D eigenvalue weighted by molar-refractivity contribution is -0.123. The molecule has 1 rings (SSSR count). The quantitative estimate of drug-likeness (QED) is 0.802. The smallest absolute Gasteiger partial charge is 0.220 e. The molecule has 0 saturated carbocycles. The first-order valence-electron chi connectivity index (χ1n) is 5.89. The standard InChI is InChI=1S/C12H24N2O.ClH/c1-9(12(2,3)4)7-11(15)14-10-5-6-13-8-10;/h9-10,13H,5-8H2,1-4H3,(H,14,15);1H. The Morgan fingerprint density at radius 2 is 2.12 bits per heavy atom. The van der Waals surface area contributed by atoms with Crippen molar-refractivity contribution >= 4 is 18.3 Å². The van der Waals surface area contributed by atoms with Crippen molar-refractivity contribution < 1.29 is 4.79 Å². The van der Waals surface area contributed by atoms with Crippen LogP contribution >= 0.6 is 12.4 Å². The predicted octanol–water partition coefficient (Wildman–Crippen LogP) is 1.96. The Labute approximate surface area is 105 Å². The van der Waals surface area contributed by atoms with Crippen LogP contribution in [0, 0.1) is 11.3 Å². The Morgan fingerprint density at radius 3 is 2.56 bits per heavy atom. The molecule has 1 aliphatic heterocycles. The van der Waals surface area contributed by atoms with Crippen LogP contribution in [-0.4, -0.2) is 25.0 Å². The molecule has 96 valence electrons. The van der Waals surface area contributed by atoms with E-state index in [0.29, 0.717) is 18.4 Å². The summed E-state index contributed by atoms with van der Waals surface area (Å²) in [5, 5.41) is 6.33. The lowest BCUT2D eigenvalue weighted by atomic mass is 9.80. The second-order valence-corrected chi connectivity index (χ2v) is 5.73. The van der Waals surface area contributed by atoms with Gasteiger partial charge in [-0.05, 0) is 24.3 Å². The lowest BCUT2D eigenvalue weighted by Crippen LogP contribution is -2.38. The molecule has 1 heterocycles. The summed E-state index contributed by atoms with van der Waals surface area (Å²) in [5.74, 6) is 0.623. The minimum Gasteiger partial charge on any atom is -0.352 e. The van der Waals surface area contributed by atoms with Crippen LogP contribution < -0.4 is 10.6 Å². The van der Waals surface area contributed by atoms with Gasteiger partial charge in [-0.15, -0.1) is 12.4 Å². The third-order valence-corrected chi connectivity index (χ3v) is 3.40. The van der Waals surface area contributed by atoms with E-state index in [4.69, 9.17) is 0 Å². The van der Waals surface area contributed by atoms with Gasteiger partial charge in [0.1, 0.15) is 0 Å². The van der Waals surface area contributed by atoms with Crippen LogP contribution in [0.2, 0.25) is 0 Å². The Morgan fingerprint density at radius 1 is 1.50 bits per heavy atom. The number of hydrogen-bond donors (Lipinski definition) is 2. The Balaban J connectivity index is 0.00000225. The van der Waals surface area contributed by atoms with Gasteiger partial charge in [-0.25, -0.2) is 0 Å². The Bertz CT molecular complexity index is 220. The molecule has 0 aromatic rings. The molecule has 2 unspecified atom stereocenters. The molecule has 1 amide bonds. The summed E-state index contributed by atoms with van der Waals surface area (Å²) in [5.41, 5.74) is 0.214. The normalized spacial score (nSPS) is 22.4. The maximum Gasteiger partial charge on any atom is 0.220 e. The number of amides is 1. The number of nitrogens with one attached hydrogen (secondary N) is 2. The van der Waals surface area contributed by atoms with Crippen molar-refractivity contribution in [2.24, 2.45) is 11.3 Å². The molecule has 4 heteroatoms. The first-order chi connectivity index (χ1) is 6.89. The Hall–Kier alpha value is -0.280. The van der Waals surface area contributed by atoms with Gasteiger partial charge in [0, 0.05) is 19.0 Å². The summed E-state index contributed by atoms with van der Waals surface area (Å²) in [6.07, 6.45) is 1.70. The van der Waals surface area contributed by atoms with Gasteiger partial charge in [-0.3, -0.25) is 4.79 Å². The third kappa shape index (κ3) is 5.17. The summed E-state index contributed by atoms with van der Waals surface area (Å²) in [6.45, 7) is 10.6. The number of hydrogen-bond acceptors (Lipinski definition) is 2. The van der Waals surface area contributed by atoms with Crippen molar-refractivity contribution in [2.45, 2.75) is 46.6 Å². The van der Waals surface area contributed by atoms with Crippen LogP contribution in [0.4, 0.5) is 0 Å². The highest BCUT2D eigenvalue weighted by atomic mass is 35.5. The summed E-state index contributed by atoms with van der Waals surface area (Å²) < 4.78 is 0. The molecule has 0 bridgehead atoms. The zero-order chi connectivity index (χ0) is 11.5. The summed E-state index contributed by atoms with van der Waals surface area (Å²) in [6, 6.07) is 0.352. The number of halogens is 1. The molecular formula is C12H25ClN2O. The molecule has 3 nitrogen and oxygen atoms in total.